The van der Waals surface area contributed by atoms with Crippen LogP contribution >= 0.6 is 22.9 Å². The monoisotopic (exact) mass is 236 g/mol. The Morgan fingerprint density at radius 2 is 2.40 bits per heavy atom. The predicted molar refractivity (Wildman–Crippen MR) is 65.2 cm³/mol. The van der Waals surface area contributed by atoms with Crippen molar-refractivity contribution in [3.8, 4) is 12.3 Å². The summed E-state index contributed by atoms with van der Waals surface area (Å²) in [6.07, 6.45) is 5.14. The summed E-state index contributed by atoms with van der Waals surface area (Å²) in [4.78, 5) is 4.45. The molecule has 2 aromatic rings. The van der Waals surface area contributed by atoms with Gasteiger partial charge in [0, 0.05) is 6.54 Å². The van der Waals surface area contributed by atoms with Crippen molar-refractivity contribution in [3.63, 3.8) is 0 Å². The molecule has 2 rings (SSSR count). The molecule has 0 saturated carbocycles. The summed E-state index contributed by atoms with van der Waals surface area (Å²) in [5.41, 5.74) is 0.949. The van der Waals surface area contributed by atoms with Crippen LogP contribution in [-0.2, 0) is 6.54 Å². The Kier molecular flexibility index (Phi) is 3.22. The van der Waals surface area contributed by atoms with E-state index in [2.05, 4.69) is 16.2 Å². The van der Waals surface area contributed by atoms with Crippen LogP contribution in [0.4, 0.5) is 0 Å². The molecule has 0 atom stereocenters. The van der Waals surface area contributed by atoms with Gasteiger partial charge in [-0.05, 0) is 12.1 Å². The molecule has 0 aliphatic heterocycles. The van der Waals surface area contributed by atoms with Gasteiger partial charge in [-0.1, -0.05) is 23.6 Å². The van der Waals surface area contributed by atoms with Crippen LogP contribution in [0.5, 0.6) is 0 Å². The van der Waals surface area contributed by atoms with Gasteiger partial charge in [-0.25, -0.2) is 4.98 Å². The van der Waals surface area contributed by atoms with Crippen LogP contribution in [0.15, 0.2) is 18.2 Å². The van der Waals surface area contributed by atoms with Crippen molar-refractivity contribution in [3.05, 3.63) is 28.2 Å². The highest BCUT2D eigenvalue weighted by atomic mass is 35.5. The molecule has 0 amide bonds. The standard InChI is InChI=1S/C11H9ClN2S/c1-2-6-13-7-10-14-9-5-3-4-8(12)11(9)15-10/h1,3-5,13H,6-7H2. The fourth-order valence-corrected chi connectivity index (χ4v) is 2.50. The van der Waals surface area contributed by atoms with Crippen LogP contribution < -0.4 is 5.32 Å². The number of nitrogens with zero attached hydrogens (tertiary/aromatic N) is 1. The lowest BCUT2D eigenvalue weighted by atomic mass is 10.3. The Labute approximate surface area is 97.3 Å². The zero-order valence-corrected chi connectivity index (χ0v) is 9.53. The van der Waals surface area contributed by atoms with Crippen molar-refractivity contribution in [2.75, 3.05) is 6.54 Å². The van der Waals surface area contributed by atoms with Gasteiger partial charge in [0.1, 0.15) is 5.01 Å². The van der Waals surface area contributed by atoms with Crippen molar-refractivity contribution in [2.24, 2.45) is 0 Å². The minimum Gasteiger partial charge on any atom is -0.300 e. The summed E-state index contributed by atoms with van der Waals surface area (Å²) in [5.74, 6) is 2.52. The van der Waals surface area contributed by atoms with Gasteiger partial charge in [0.25, 0.3) is 0 Å². The van der Waals surface area contributed by atoms with Crippen LogP contribution in [0.25, 0.3) is 10.2 Å². The molecule has 0 aliphatic rings. The first-order chi connectivity index (χ1) is 7.31. The van der Waals surface area contributed by atoms with Gasteiger partial charge in [-0.15, -0.1) is 17.8 Å². The fraction of sp³-hybridized carbons (Fsp3) is 0.182. The summed E-state index contributed by atoms with van der Waals surface area (Å²) in [7, 11) is 0. The van der Waals surface area contributed by atoms with Crippen LogP contribution in [0.3, 0.4) is 0 Å². The molecule has 1 N–H and O–H groups in total. The van der Waals surface area contributed by atoms with E-state index in [9.17, 15) is 0 Å². The number of fused-ring (bicyclic) bond motifs is 1. The van der Waals surface area contributed by atoms with E-state index in [0.717, 1.165) is 20.2 Å². The van der Waals surface area contributed by atoms with E-state index < -0.39 is 0 Å². The Morgan fingerprint density at radius 3 is 3.13 bits per heavy atom. The molecule has 0 spiro atoms. The van der Waals surface area contributed by atoms with Crippen molar-refractivity contribution in [2.45, 2.75) is 6.54 Å². The number of terminal acetylenes is 1. The smallest absolute Gasteiger partial charge is 0.108 e. The molecule has 0 saturated heterocycles. The Balaban J connectivity index is 2.24. The first-order valence-corrected chi connectivity index (χ1v) is 5.69. The average Bonchev–Trinajstić information content (AvgIpc) is 2.63. The summed E-state index contributed by atoms with van der Waals surface area (Å²) in [6, 6.07) is 5.74. The second-order valence-corrected chi connectivity index (χ2v) is 4.49. The van der Waals surface area contributed by atoms with E-state index in [4.69, 9.17) is 18.0 Å². The number of nitrogens with one attached hydrogen (secondary N) is 1. The number of hydrogen-bond donors (Lipinski definition) is 1. The zero-order chi connectivity index (χ0) is 10.7. The third-order valence-electron chi connectivity index (χ3n) is 1.91. The first-order valence-electron chi connectivity index (χ1n) is 4.49. The molecular weight excluding hydrogens is 228 g/mol. The highest BCUT2D eigenvalue weighted by Gasteiger charge is 2.05. The molecular formula is C11H9ClN2S. The zero-order valence-electron chi connectivity index (χ0n) is 7.96. The van der Waals surface area contributed by atoms with Crippen molar-refractivity contribution < 1.29 is 0 Å². The van der Waals surface area contributed by atoms with Crippen LogP contribution in [0, 0.1) is 12.3 Å². The molecule has 4 heteroatoms. The number of benzene rings is 1. The van der Waals surface area contributed by atoms with E-state index >= 15 is 0 Å². The minimum atomic E-state index is 0.559. The van der Waals surface area contributed by atoms with Crippen molar-refractivity contribution in [1.29, 1.82) is 0 Å². The summed E-state index contributed by atoms with van der Waals surface area (Å²) < 4.78 is 1.04. The Bertz CT molecular complexity index is 513. The summed E-state index contributed by atoms with van der Waals surface area (Å²) in [6.45, 7) is 1.25. The van der Waals surface area contributed by atoms with E-state index in [0.29, 0.717) is 13.1 Å². The van der Waals surface area contributed by atoms with Gasteiger partial charge in [-0.3, -0.25) is 5.32 Å². The van der Waals surface area contributed by atoms with Crippen LogP contribution in [0.1, 0.15) is 5.01 Å². The molecule has 0 fully saturated rings. The van der Waals surface area contributed by atoms with Crippen molar-refractivity contribution >= 4 is 33.2 Å². The van der Waals surface area contributed by atoms with Gasteiger partial charge < -0.3 is 0 Å². The lowest BCUT2D eigenvalue weighted by Crippen LogP contribution is -2.12. The third-order valence-corrected chi connectivity index (χ3v) is 3.45. The summed E-state index contributed by atoms with van der Waals surface area (Å²) in [5, 5.41) is 4.87. The van der Waals surface area contributed by atoms with Crippen LogP contribution in [-0.4, -0.2) is 11.5 Å². The SMILES string of the molecule is C#CCNCc1nc2cccc(Cl)c2s1. The molecule has 1 aromatic carbocycles. The third kappa shape index (κ3) is 2.29. The van der Waals surface area contributed by atoms with Crippen LogP contribution in [0.2, 0.25) is 5.02 Å². The molecule has 0 unspecified atom stereocenters. The van der Waals surface area contributed by atoms with Crippen molar-refractivity contribution in [1.82, 2.24) is 10.3 Å². The molecule has 2 nitrogen and oxygen atoms in total. The normalized spacial score (nSPS) is 10.4. The predicted octanol–water partition coefficient (Wildman–Crippen LogP) is 2.67. The van der Waals surface area contributed by atoms with E-state index in [1.807, 2.05) is 18.2 Å². The molecule has 1 heterocycles. The number of hydrogen-bond acceptors (Lipinski definition) is 3. The highest BCUT2D eigenvalue weighted by molar-refractivity contribution is 7.19. The maximum absolute atomic E-state index is 6.05. The lowest BCUT2D eigenvalue weighted by Gasteiger charge is -1.93. The maximum Gasteiger partial charge on any atom is 0.108 e. The van der Waals surface area contributed by atoms with E-state index in [-0.39, 0.29) is 0 Å². The second-order valence-electron chi connectivity index (χ2n) is 3.00. The van der Waals surface area contributed by atoms with Gasteiger partial charge in [0.15, 0.2) is 0 Å². The van der Waals surface area contributed by atoms with E-state index in [1.165, 1.54) is 0 Å². The Hall–Kier alpha value is -1.08. The van der Waals surface area contributed by atoms with E-state index in [1.54, 1.807) is 11.3 Å². The molecule has 0 aliphatic carbocycles. The topological polar surface area (TPSA) is 24.9 Å². The van der Waals surface area contributed by atoms with Gasteiger partial charge in [-0.2, -0.15) is 0 Å². The molecule has 15 heavy (non-hydrogen) atoms. The highest BCUT2D eigenvalue weighted by Crippen LogP contribution is 2.28. The molecule has 0 bridgehead atoms. The lowest BCUT2D eigenvalue weighted by molar-refractivity contribution is 0.766. The summed E-state index contributed by atoms with van der Waals surface area (Å²) >= 11 is 7.65. The fourth-order valence-electron chi connectivity index (χ4n) is 1.28. The number of rotatable bonds is 3. The molecule has 76 valence electrons. The molecule has 1 aromatic heterocycles. The second kappa shape index (κ2) is 4.63. The Morgan fingerprint density at radius 1 is 1.53 bits per heavy atom. The minimum absolute atomic E-state index is 0.559. The van der Waals surface area contributed by atoms with Gasteiger partial charge >= 0.3 is 0 Å². The largest absolute Gasteiger partial charge is 0.300 e. The quantitative estimate of drug-likeness (QED) is 0.655. The van der Waals surface area contributed by atoms with Gasteiger partial charge in [0.05, 0.1) is 21.8 Å². The number of thiazole rings is 1. The first kappa shape index (κ1) is 10.4. The van der Waals surface area contributed by atoms with Gasteiger partial charge in [0.2, 0.25) is 0 Å². The average molecular weight is 237 g/mol. The molecule has 0 radical (unpaired) electrons. The number of aromatic nitrogens is 1. The number of halogens is 1. The maximum atomic E-state index is 6.05.